The average molecular weight is 396 g/mol. The fourth-order valence-corrected chi connectivity index (χ4v) is 4.88. The van der Waals surface area contributed by atoms with Crippen LogP contribution < -0.4 is 10.2 Å². The molecule has 2 aliphatic rings. The molecule has 144 valence electrons. The average Bonchev–Trinajstić information content (AvgIpc) is 3.29. The number of fused-ring (bicyclic) bond motifs is 1. The second-order valence-electron chi connectivity index (χ2n) is 7.70. The number of benzene rings is 2. The number of amides is 2. The molecular weight excluding hydrogens is 375 g/mol. The van der Waals surface area contributed by atoms with E-state index in [4.69, 9.17) is 0 Å². The molecule has 0 aliphatic carbocycles. The van der Waals surface area contributed by atoms with E-state index >= 15 is 0 Å². The predicted molar refractivity (Wildman–Crippen MR) is 109 cm³/mol. The highest BCUT2D eigenvalue weighted by molar-refractivity contribution is 7.16. The quantitative estimate of drug-likeness (QED) is 0.728. The molecule has 3 heterocycles. The van der Waals surface area contributed by atoms with Gasteiger partial charge in [-0.15, -0.1) is 11.3 Å². The number of thiazole rings is 1. The lowest BCUT2D eigenvalue weighted by molar-refractivity contribution is 0.151. The number of halogens is 1. The van der Waals surface area contributed by atoms with Crippen LogP contribution in [-0.4, -0.2) is 41.1 Å². The third-order valence-corrected chi connectivity index (χ3v) is 6.64. The van der Waals surface area contributed by atoms with Gasteiger partial charge in [0.2, 0.25) is 0 Å². The molecule has 5 nitrogen and oxygen atoms in total. The Hall–Kier alpha value is -2.51. The van der Waals surface area contributed by atoms with Gasteiger partial charge in [-0.3, -0.25) is 9.80 Å². The summed E-state index contributed by atoms with van der Waals surface area (Å²) in [6.07, 6.45) is 1.82. The number of nitrogens with one attached hydrogen (secondary N) is 1. The Morgan fingerprint density at radius 2 is 1.93 bits per heavy atom. The summed E-state index contributed by atoms with van der Waals surface area (Å²) in [7, 11) is 0. The number of nitrogens with zero attached hydrogens (tertiary/aromatic N) is 3. The Morgan fingerprint density at radius 1 is 1.14 bits per heavy atom. The number of hydrogen-bond donors (Lipinski definition) is 1. The zero-order chi connectivity index (χ0) is 19.1. The van der Waals surface area contributed by atoms with Crippen molar-refractivity contribution in [1.29, 1.82) is 0 Å². The Morgan fingerprint density at radius 3 is 2.71 bits per heavy atom. The summed E-state index contributed by atoms with van der Waals surface area (Å²) in [6, 6.07) is 12.5. The molecule has 7 heteroatoms. The van der Waals surface area contributed by atoms with Crippen molar-refractivity contribution in [3.8, 4) is 0 Å². The standard InChI is InChI=1S/C21H21FN4OS/c22-16-2-4-17(5-3-16)26-13-21(24-20(26)27)7-9-25(10-8-21)12-15-1-6-19-18(11-15)23-14-28-19/h1-6,11,14H,7-10,12-13H2,(H,24,27). The van der Waals surface area contributed by atoms with Crippen LogP contribution in [0.2, 0.25) is 0 Å². The molecule has 2 fully saturated rings. The van der Waals surface area contributed by atoms with Crippen LogP contribution in [0.5, 0.6) is 0 Å². The first-order chi connectivity index (χ1) is 13.6. The van der Waals surface area contributed by atoms with Crippen molar-refractivity contribution in [1.82, 2.24) is 15.2 Å². The molecule has 3 aromatic rings. The number of hydrogen-bond acceptors (Lipinski definition) is 4. The van der Waals surface area contributed by atoms with Crippen molar-refractivity contribution in [2.24, 2.45) is 0 Å². The van der Waals surface area contributed by atoms with Gasteiger partial charge < -0.3 is 5.32 Å². The zero-order valence-electron chi connectivity index (χ0n) is 15.4. The van der Waals surface area contributed by atoms with Crippen molar-refractivity contribution >= 4 is 33.3 Å². The number of aromatic nitrogens is 1. The zero-order valence-corrected chi connectivity index (χ0v) is 16.2. The molecule has 0 bridgehead atoms. The molecule has 1 spiro atoms. The van der Waals surface area contributed by atoms with Gasteiger partial charge in [0.05, 0.1) is 27.8 Å². The van der Waals surface area contributed by atoms with Crippen LogP contribution in [0.15, 0.2) is 48.0 Å². The van der Waals surface area contributed by atoms with E-state index in [2.05, 4.69) is 33.4 Å². The highest BCUT2D eigenvalue weighted by Crippen LogP contribution is 2.32. The van der Waals surface area contributed by atoms with Crippen LogP contribution in [0, 0.1) is 5.82 Å². The summed E-state index contributed by atoms with van der Waals surface area (Å²) >= 11 is 1.66. The van der Waals surface area contributed by atoms with Crippen molar-refractivity contribution in [3.63, 3.8) is 0 Å². The number of likely N-dealkylation sites (tertiary alicyclic amines) is 1. The normalized spacial score (nSPS) is 19.5. The van der Waals surface area contributed by atoms with Crippen molar-refractivity contribution < 1.29 is 9.18 Å². The van der Waals surface area contributed by atoms with E-state index < -0.39 is 0 Å². The number of rotatable bonds is 3. The Balaban J connectivity index is 1.24. The SMILES string of the molecule is O=C1NC2(CCN(Cc3ccc4scnc4c3)CC2)CN1c1ccc(F)cc1. The van der Waals surface area contributed by atoms with Crippen LogP contribution in [0.3, 0.4) is 0 Å². The lowest BCUT2D eigenvalue weighted by Gasteiger charge is -2.38. The molecule has 2 amide bonds. The van der Waals surface area contributed by atoms with Crippen LogP contribution in [0.25, 0.3) is 10.2 Å². The van der Waals surface area contributed by atoms with E-state index in [9.17, 15) is 9.18 Å². The highest BCUT2D eigenvalue weighted by Gasteiger charge is 2.44. The highest BCUT2D eigenvalue weighted by atomic mass is 32.1. The monoisotopic (exact) mass is 396 g/mol. The molecule has 2 aliphatic heterocycles. The van der Waals surface area contributed by atoms with Crippen LogP contribution in [-0.2, 0) is 6.54 Å². The first-order valence-electron chi connectivity index (χ1n) is 9.50. The molecule has 2 saturated heterocycles. The number of piperidine rings is 1. The molecule has 1 aromatic heterocycles. The van der Waals surface area contributed by atoms with Crippen molar-refractivity contribution in [2.75, 3.05) is 24.5 Å². The minimum Gasteiger partial charge on any atom is -0.330 e. The topological polar surface area (TPSA) is 48.5 Å². The maximum Gasteiger partial charge on any atom is 0.322 e. The third-order valence-electron chi connectivity index (χ3n) is 5.83. The Labute approximate surface area is 166 Å². The van der Waals surface area contributed by atoms with Crippen molar-refractivity contribution in [2.45, 2.75) is 24.9 Å². The van der Waals surface area contributed by atoms with Gasteiger partial charge in [0.25, 0.3) is 0 Å². The number of carbonyl (C=O) groups is 1. The molecule has 2 aromatic carbocycles. The molecule has 0 radical (unpaired) electrons. The first-order valence-corrected chi connectivity index (χ1v) is 10.4. The van der Waals surface area contributed by atoms with Crippen LogP contribution in [0.1, 0.15) is 18.4 Å². The third kappa shape index (κ3) is 3.25. The molecule has 28 heavy (non-hydrogen) atoms. The second kappa shape index (κ2) is 6.83. The van der Waals surface area contributed by atoms with Gasteiger partial charge in [-0.1, -0.05) is 6.07 Å². The lowest BCUT2D eigenvalue weighted by atomic mass is 9.88. The smallest absolute Gasteiger partial charge is 0.322 e. The van der Waals surface area contributed by atoms with E-state index in [0.29, 0.717) is 6.54 Å². The number of anilines is 1. The number of urea groups is 1. The largest absolute Gasteiger partial charge is 0.330 e. The fourth-order valence-electron chi connectivity index (χ4n) is 4.22. The van der Waals surface area contributed by atoms with Gasteiger partial charge in [0, 0.05) is 25.3 Å². The van der Waals surface area contributed by atoms with E-state index in [1.165, 1.54) is 22.4 Å². The van der Waals surface area contributed by atoms with Gasteiger partial charge in [0.1, 0.15) is 5.82 Å². The van der Waals surface area contributed by atoms with E-state index in [1.807, 2.05) is 5.51 Å². The first kappa shape index (κ1) is 17.6. The molecule has 1 N–H and O–H groups in total. The number of carbonyl (C=O) groups excluding carboxylic acids is 1. The predicted octanol–water partition coefficient (Wildman–Crippen LogP) is 4.00. The molecule has 5 rings (SSSR count). The summed E-state index contributed by atoms with van der Waals surface area (Å²) < 4.78 is 14.4. The summed E-state index contributed by atoms with van der Waals surface area (Å²) in [5.74, 6) is -0.290. The summed E-state index contributed by atoms with van der Waals surface area (Å²) in [4.78, 5) is 21.1. The maximum absolute atomic E-state index is 13.2. The molecule has 0 unspecified atom stereocenters. The van der Waals surface area contributed by atoms with Crippen LogP contribution >= 0.6 is 11.3 Å². The maximum atomic E-state index is 13.2. The van der Waals surface area contributed by atoms with Crippen LogP contribution in [0.4, 0.5) is 14.9 Å². The second-order valence-corrected chi connectivity index (χ2v) is 8.59. The van der Waals surface area contributed by atoms with E-state index in [0.717, 1.165) is 43.7 Å². The minimum absolute atomic E-state index is 0.0889. The van der Waals surface area contributed by atoms with E-state index in [-0.39, 0.29) is 17.4 Å². The summed E-state index contributed by atoms with van der Waals surface area (Å²) in [6.45, 7) is 3.41. The van der Waals surface area contributed by atoms with Crippen molar-refractivity contribution in [3.05, 3.63) is 59.4 Å². The van der Waals surface area contributed by atoms with Gasteiger partial charge >= 0.3 is 6.03 Å². The molecule has 0 atom stereocenters. The van der Waals surface area contributed by atoms with Gasteiger partial charge in [-0.25, -0.2) is 14.2 Å². The minimum atomic E-state index is -0.290. The Bertz CT molecular complexity index is 1010. The fraction of sp³-hybridized carbons (Fsp3) is 0.333. The Kier molecular flexibility index (Phi) is 4.29. The lowest BCUT2D eigenvalue weighted by Crippen LogP contribution is -2.52. The van der Waals surface area contributed by atoms with Gasteiger partial charge in [-0.2, -0.15) is 0 Å². The van der Waals surface area contributed by atoms with Gasteiger partial charge in [0.15, 0.2) is 0 Å². The van der Waals surface area contributed by atoms with Gasteiger partial charge in [-0.05, 0) is 54.8 Å². The summed E-state index contributed by atoms with van der Waals surface area (Å²) in [5.41, 5.74) is 4.77. The van der Waals surface area contributed by atoms with E-state index in [1.54, 1.807) is 28.4 Å². The molecular formula is C21H21FN4OS. The molecule has 0 saturated carbocycles. The summed E-state index contributed by atoms with van der Waals surface area (Å²) in [5, 5.41) is 3.20.